The molecule has 0 fully saturated rings. The summed E-state index contributed by atoms with van der Waals surface area (Å²) in [5.41, 5.74) is 5.18. The van der Waals surface area contributed by atoms with Crippen LogP contribution in [-0.4, -0.2) is 40.5 Å². The van der Waals surface area contributed by atoms with Gasteiger partial charge in [-0.1, -0.05) is 28.9 Å². The van der Waals surface area contributed by atoms with Crippen LogP contribution in [0.2, 0.25) is 5.02 Å². The van der Waals surface area contributed by atoms with Gasteiger partial charge in [0.1, 0.15) is 6.04 Å². The van der Waals surface area contributed by atoms with Gasteiger partial charge in [0.25, 0.3) is 0 Å². The summed E-state index contributed by atoms with van der Waals surface area (Å²) in [4.78, 5) is 11.5. The Labute approximate surface area is 271 Å². The minimum Gasteiger partial charge on any atom is -0.618 e. The minimum absolute atomic E-state index is 0.0353. The third kappa shape index (κ3) is 6.31. The van der Waals surface area contributed by atoms with Gasteiger partial charge in [0.15, 0.2) is 17.7 Å². The van der Waals surface area contributed by atoms with Crippen molar-refractivity contribution in [2.45, 2.75) is 25.2 Å². The first-order valence-electron chi connectivity index (χ1n) is 13.8. The topological polar surface area (TPSA) is 136 Å². The zero-order chi connectivity index (χ0) is 34.3. The van der Waals surface area contributed by atoms with Crippen LogP contribution in [0.25, 0.3) is 27.9 Å². The molecule has 4 aromatic heterocycles. The van der Waals surface area contributed by atoms with Crippen molar-refractivity contribution in [3.8, 4) is 27.9 Å². The molecular weight excluding hydrogens is 668 g/mol. The van der Waals surface area contributed by atoms with Crippen LogP contribution in [0, 0.1) is 11.0 Å². The summed E-state index contributed by atoms with van der Waals surface area (Å²) in [6.45, 7) is -2.90. The SMILES string of the molecule is NC(=O)c1ccc(-c2cnn([C@@H](Cc3ccn(C(F)F)n3)c3ccc(-c4c(-n5cc(C(F)(F)F)nn5)ccc(Cl)c4F)c[n+]3[O-])c2)cc1. The molecule has 0 saturated heterocycles. The van der Waals surface area contributed by atoms with Crippen LogP contribution in [0.3, 0.4) is 0 Å². The Morgan fingerprint density at radius 1 is 0.979 bits per heavy atom. The van der Waals surface area contributed by atoms with E-state index in [0.717, 1.165) is 18.5 Å². The first-order valence-corrected chi connectivity index (χ1v) is 14.2. The molecule has 11 nitrogen and oxygen atoms in total. The molecule has 0 radical (unpaired) electrons. The second kappa shape index (κ2) is 12.5. The lowest BCUT2D eigenvalue weighted by atomic mass is 10.0. The minimum atomic E-state index is -4.82. The predicted octanol–water partition coefficient (Wildman–Crippen LogP) is 5.77. The number of pyridine rings is 1. The summed E-state index contributed by atoms with van der Waals surface area (Å²) in [5, 5.41) is 28.1. The molecule has 48 heavy (non-hydrogen) atoms. The van der Waals surface area contributed by atoms with E-state index in [9.17, 15) is 32.0 Å². The van der Waals surface area contributed by atoms with Gasteiger partial charge in [-0.25, -0.2) is 13.8 Å². The molecule has 0 aliphatic carbocycles. The Morgan fingerprint density at radius 3 is 2.33 bits per heavy atom. The van der Waals surface area contributed by atoms with Gasteiger partial charge in [0, 0.05) is 36.0 Å². The molecule has 2 aromatic carbocycles. The van der Waals surface area contributed by atoms with Crippen molar-refractivity contribution in [3.05, 3.63) is 124 Å². The number of halogens is 7. The monoisotopic (exact) mass is 687 g/mol. The van der Waals surface area contributed by atoms with Gasteiger partial charge in [-0.3, -0.25) is 9.48 Å². The van der Waals surface area contributed by atoms with E-state index in [4.69, 9.17) is 17.3 Å². The molecule has 0 saturated carbocycles. The van der Waals surface area contributed by atoms with E-state index in [1.54, 1.807) is 18.3 Å². The number of carbonyl (C=O) groups excluding carboxylic acids is 1. The number of nitrogens with two attached hydrogens (primary N) is 1. The molecule has 0 aliphatic rings. The zero-order valence-corrected chi connectivity index (χ0v) is 24.8. The van der Waals surface area contributed by atoms with Crippen LogP contribution in [0.1, 0.15) is 40.0 Å². The Morgan fingerprint density at radius 2 is 1.71 bits per heavy atom. The first kappa shape index (κ1) is 32.2. The van der Waals surface area contributed by atoms with Gasteiger partial charge < -0.3 is 10.9 Å². The summed E-state index contributed by atoms with van der Waals surface area (Å²) >= 11 is 6.01. The molecule has 6 aromatic rings. The normalized spacial score (nSPS) is 12.5. The first-order chi connectivity index (χ1) is 22.8. The standard InChI is InChI=1S/C30H20ClF6N9O2/c31-21-6-8-23(45-15-25(40-42-45)30(35,36)37)26(27(21)32)18-5-7-22(46(48)14-18)24(11-20-9-10-43(41-20)29(33)34)44-13-19(12-39-44)16-1-3-17(4-2-16)28(38)47/h1-10,12-15,24,29H,11H2,(H2,38,47)/t24-/m0/s1. The number of amides is 1. The number of primary amides is 1. The average Bonchev–Trinajstić information content (AvgIpc) is 3.83. The van der Waals surface area contributed by atoms with Crippen LogP contribution in [0.15, 0.2) is 85.6 Å². The van der Waals surface area contributed by atoms with E-state index in [1.807, 2.05) is 0 Å². The van der Waals surface area contributed by atoms with Crippen LogP contribution >= 0.6 is 11.6 Å². The summed E-state index contributed by atoms with van der Waals surface area (Å²) in [6.07, 6.45) is 0.831. The molecule has 0 spiro atoms. The maximum Gasteiger partial charge on any atom is 0.436 e. The quantitative estimate of drug-likeness (QED) is 0.117. The molecule has 246 valence electrons. The number of carbonyl (C=O) groups is 1. The molecular formula is C30H20ClF6N9O2. The number of benzene rings is 2. The molecule has 1 atom stereocenters. The predicted molar refractivity (Wildman–Crippen MR) is 157 cm³/mol. The van der Waals surface area contributed by atoms with E-state index >= 15 is 4.39 Å². The molecule has 2 N–H and O–H groups in total. The van der Waals surface area contributed by atoms with Crippen molar-refractivity contribution in [2.75, 3.05) is 0 Å². The second-order valence-corrected chi connectivity index (χ2v) is 10.8. The molecule has 18 heteroatoms. The van der Waals surface area contributed by atoms with Gasteiger partial charge >= 0.3 is 12.7 Å². The van der Waals surface area contributed by atoms with E-state index in [0.29, 0.717) is 31.4 Å². The molecule has 4 heterocycles. The maximum atomic E-state index is 15.5. The number of alkyl halides is 5. The van der Waals surface area contributed by atoms with Gasteiger partial charge in [0.2, 0.25) is 11.6 Å². The average molecular weight is 688 g/mol. The third-order valence-corrected chi connectivity index (χ3v) is 7.66. The van der Waals surface area contributed by atoms with Crippen molar-refractivity contribution in [2.24, 2.45) is 5.73 Å². The smallest absolute Gasteiger partial charge is 0.436 e. The van der Waals surface area contributed by atoms with Crippen molar-refractivity contribution < 1.29 is 35.9 Å². The summed E-state index contributed by atoms with van der Waals surface area (Å²) in [7, 11) is 0. The summed E-state index contributed by atoms with van der Waals surface area (Å²) in [5.74, 6) is -1.64. The van der Waals surface area contributed by atoms with Gasteiger partial charge in [-0.05, 0) is 42.0 Å². The highest BCUT2D eigenvalue weighted by molar-refractivity contribution is 6.31. The lowest BCUT2D eigenvalue weighted by Crippen LogP contribution is -2.36. The van der Waals surface area contributed by atoms with E-state index in [1.165, 1.54) is 47.3 Å². The highest BCUT2D eigenvalue weighted by Gasteiger charge is 2.35. The maximum absolute atomic E-state index is 15.5. The highest BCUT2D eigenvalue weighted by atomic mass is 35.5. The van der Waals surface area contributed by atoms with Gasteiger partial charge in [-0.15, -0.1) is 5.10 Å². The number of rotatable bonds is 9. The van der Waals surface area contributed by atoms with Crippen LogP contribution in [0.5, 0.6) is 0 Å². The van der Waals surface area contributed by atoms with Crippen molar-refractivity contribution in [3.63, 3.8) is 0 Å². The fourth-order valence-corrected chi connectivity index (χ4v) is 5.18. The fourth-order valence-electron chi connectivity index (χ4n) is 5.03. The Bertz CT molecular complexity index is 2130. The highest BCUT2D eigenvalue weighted by Crippen LogP contribution is 2.35. The fraction of sp³-hybridized carbons (Fsp3) is 0.133. The molecule has 6 rings (SSSR count). The Balaban J connectivity index is 1.42. The number of hydrogen-bond donors (Lipinski definition) is 1. The lowest BCUT2D eigenvalue weighted by molar-refractivity contribution is -0.615. The van der Waals surface area contributed by atoms with Crippen molar-refractivity contribution in [1.29, 1.82) is 0 Å². The van der Waals surface area contributed by atoms with E-state index < -0.39 is 36.2 Å². The zero-order valence-electron chi connectivity index (χ0n) is 24.1. The van der Waals surface area contributed by atoms with E-state index in [-0.39, 0.29) is 45.2 Å². The van der Waals surface area contributed by atoms with Crippen molar-refractivity contribution in [1.82, 2.24) is 34.6 Å². The van der Waals surface area contributed by atoms with E-state index in [2.05, 4.69) is 20.5 Å². The van der Waals surface area contributed by atoms with Crippen LogP contribution < -0.4 is 10.5 Å². The Hall–Kier alpha value is -5.71. The number of nitrogens with zero attached hydrogens (tertiary/aromatic N) is 8. The number of hydrogen-bond acceptors (Lipinski definition) is 6. The van der Waals surface area contributed by atoms with Gasteiger partial charge in [-0.2, -0.15) is 36.9 Å². The Kier molecular flexibility index (Phi) is 8.38. The third-order valence-electron chi connectivity index (χ3n) is 7.37. The number of aromatic nitrogens is 8. The largest absolute Gasteiger partial charge is 0.618 e. The van der Waals surface area contributed by atoms with Gasteiger partial charge in [0.05, 0.1) is 39.9 Å². The summed E-state index contributed by atoms with van der Waals surface area (Å²) in [6, 6.07) is 11.8. The molecule has 1 amide bonds. The molecule has 0 bridgehead atoms. The second-order valence-electron chi connectivity index (χ2n) is 10.4. The van der Waals surface area contributed by atoms with Crippen LogP contribution in [0.4, 0.5) is 26.3 Å². The summed E-state index contributed by atoms with van der Waals surface area (Å²) < 4.78 is 84.7. The van der Waals surface area contributed by atoms with Crippen molar-refractivity contribution >= 4 is 17.5 Å². The molecule has 0 aliphatic heterocycles. The lowest BCUT2D eigenvalue weighted by Gasteiger charge is -2.18. The molecule has 0 unspecified atom stereocenters. The van der Waals surface area contributed by atoms with Crippen LogP contribution in [-0.2, 0) is 12.6 Å².